The molecule has 3 aromatic rings. The number of nitrogens with two attached hydrogens (primary N) is 1. The zero-order chi connectivity index (χ0) is 24.7. The quantitative estimate of drug-likeness (QED) is 0.547. The number of fused-ring (bicyclic) bond motifs is 2. The van der Waals surface area contributed by atoms with Crippen molar-refractivity contribution in [1.29, 1.82) is 0 Å². The van der Waals surface area contributed by atoms with Crippen molar-refractivity contribution in [1.82, 2.24) is 4.90 Å². The SMILES string of the molecule is CN1CCc2c(sc(NC(=O)c3ccc(S(=O)(=O)N4CCCc5ccccc54)cc3)c2C(N)=O)C1. The first-order valence-corrected chi connectivity index (χ1v) is 13.7. The van der Waals surface area contributed by atoms with E-state index in [4.69, 9.17) is 5.73 Å². The molecule has 5 rings (SSSR count). The lowest BCUT2D eigenvalue weighted by molar-refractivity contribution is 0.1000. The molecule has 0 aliphatic carbocycles. The number of primary amides is 1. The summed E-state index contributed by atoms with van der Waals surface area (Å²) < 4.78 is 28.1. The second-order valence-electron chi connectivity index (χ2n) is 8.85. The van der Waals surface area contributed by atoms with Crippen molar-refractivity contribution in [2.75, 3.05) is 29.8 Å². The lowest BCUT2D eigenvalue weighted by Gasteiger charge is -2.30. The molecule has 0 unspecified atom stereocenters. The molecule has 0 saturated carbocycles. The number of sulfonamides is 1. The summed E-state index contributed by atoms with van der Waals surface area (Å²) in [7, 11) is -1.76. The highest BCUT2D eigenvalue weighted by atomic mass is 32.2. The molecule has 3 heterocycles. The van der Waals surface area contributed by atoms with Crippen molar-refractivity contribution in [2.45, 2.75) is 30.7 Å². The highest BCUT2D eigenvalue weighted by Crippen LogP contribution is 2.37. The minimum absolute atomic E-state index is 0.123. The molecule has 10 heteroatoms. The predicted octanol–water partition coefficient (Wildman–Crippen LogP) is 3.23. The van der Waals surface area contributed by atoms with Gasteiger partial charge in [-0.2, -0.15) is 0 Å². The van der Waals surface area contributed by atoms with E-state index in [1.807, 2.05) is 31.3 Å². The van der Waals surface area contributed by atoms with Gasteiger partial charge in [-0.3, -0.25) is 13.9 Å². The van der Waals surface area contributed by atoms with Gasteiger partial charge in [0.15, 0.2) is 0 Å². The normalized spacial score (nSPS) is 15.9. The largest absolute Gasteiger partial charge is 0.365 e. The Hall–Kier alpha value is -3.21. The van der Waals surface area contributed by atoms with E-state index in [2.05, 4.69) is 10.2 Å². The van der Waals surface area contributed by atoms with Crippen LogP contribution >= 0.6 is 11.3 Å². The molecule has 1 aromatic heterocycles. The number of carbonyl (C=O) groups excluding carboxylic acids is 2. The predicted molar refractivity (Wildman–Crippen MR) is 137 cm³/mol. The van der Waals surface area contributed by atoms with Crippen molar-refractivity contribution in [3.05, 3.63) is 75.7 Å². The van der Waals surface area contributed by atoms with Gasteiger partial charge in [0.25, 0.3) is 21.8 Å². The fourth-order valence-electron chi connectivity index (χ4n) is 4.71. The number of anilines is 2. The van der Waals surface area contributed by atoms with Crippen LogP contribution in [-0.2, 0) is 29.4 Å². The number of nitrogens with zero attached hydrogens (tertiary/aromatic N) is 2. The van der Waals surface area contributed by atoms with Crippen molar-refractivity contribution < 1.29 is 18.0 Å². The van der Waals surface area contributed by atoms with Crippen LogP contribution in [0.1, 0.15) is 43.1 Å². The molecule has 0 bridgehead atoms. The van der Waals surface area contributed by atoms with Crippen molar-refractivity contribution in [2.24, 2.45) is 5.73 Å². The summed E-state index contributed by atoms with van der Waals surface area (Å²) >= 11 is 1.36. The van der Waals surface area contributed by atoms with Gasteiger partial charge in [-0.1, -0.05) is 18.2 Å². The lowest BCUT2D eigenvalue weighted by Crippen LogP contribution is -2.35. The van der Waals surface area contributed by atoms with Gasteiger partial charge in [-0.25, -0.2) is 8.42 Å². The zero-order valence-corrected chi connectivity index (χ0v) is 20.9. The molecule has 35 heavy (non-hydrogen) atoms. The molecule has 2 aromatic carbocycles. The average Bonchev–Trinajstić information content (AvgIpc) is 3.20. The molecule has 0 atom stereocenters. The van der Waals surface area contributed by atoms with Crippen molar-refractivity contribution in [3.8, 4) is 0 Å². The highest BCUT2D eigenvalue weighted by Gasteiger charge is 2.30. The number of amides is 2. The lowest BCUT2D eigenvalue weighted by atomic mass is 10.0. The van der Waals surface area contributed by atoms with Crippen LogP contribution < -0.4 is 15.4 Å². The van der Waals surface area contributed by atoms with Gasteiger partial charge in [0, 0.05) is 30.1 Å². The first kappa shape index (κ1) is 23.5. The highest BCUT2D eigenvalue weighted by molar-refractivity contribution is 7.92. The number of hydrogen-bond donors (Lipinski definition) is 2. The van der Waals surface area contributed by atoms with Crippen LogP contribution in [0.5, 0.6) is 0 Å². The molecule has 0 radical (unpaired) electrons. The standard InChI is InChI=1S/C25H26N4O4S2/c1-28-14-12-19-21(15-28)34-25(22(19)23(26)30)27-24(31)17-8-10-18(11-9-17)35(32,33)29-13-4-6-16-5-2-3-7-20(16)29/h2-3,5,7-11H,4,6,12-15H2,1H3,(H2,26,30)(H,27,31). The van der Waals surface area contributed by atoms with Crippen molar-refractivity contribution in [3.63, 3.8) is 0 Å². The van der Waals surface area contributed by atoms with E-state index in [-0.39, 0.29) is 4.90 Å². The van der Waals surface area contributed by atoms with E-state index < -0.39 is 21.8 Å². The molecule has 0 spiro atoms. The molecule has 2 aliphatic rings. The summed E-state index contributed by atoms with van der Waals surface area (Å²) in [6.45, 7) is 1.92. The average molecular weight is 511 g/mol. The van der Waals surface area contributed by atoms with Crippen LogP contribution in [0.3, 0.4) is 0 Å². The first-order chi connectivity index (χ1) is 16.8. The Morgan fingerprint density at radius 2 is 1.77 bits per heavy atom. The Balaban J connectivity index is 1.38. The summed E-state index contributed by atoms with van der Waals surface area (Å²) in [5.74, 6) is -0.989. The smallest absolute Gasteiger partial charge is 0.264 e. The third kappa shape index (κ3) is 4.33. The number of hydrogen-bond acceptors (Lipinski definition) is 6. The zero-order valence-electron chi connectivity index (χ0n) is 19.3. The molecule has 182 valence electrons. The number of rotatable bonds is 5. The molecule has 3 N–H and O–H groups in total. The maximum absolute atomic E-state index is 13.4. The minimum Gasteiger partial charge on any atom is -0.365 e. The molecule has 0 saturated heterocycles. The van der Waals surface area contributed by atoms with Crippen LogP contribution in [0.15, 0.2) is 53.4 Å². The molecular formula is C25H26N4O4S2. The molecular weight excluding hydrogens is 484 g/mol. The van der Waals surface area contributed by atoms with Crippen LogP contribution in [0.4, 0.5) is 10.7 Å². The van der Waals surface area contributed by atoms with Gasteiger partial charge < -0.3 is 16.0 Å². The summed E-state index contributed by atoms with van der Waals surface area (Å²) in [6, 6.07) is 13.4. The number of thiophene rings is 1. The Labute approximate surface area is 208 Å². The van der Waals surface area contributed by atoms with Crippen LogP contribution in [0.2, 0.25) is 0 Å². The van der Waals surface area contributed by atoms with E-state index in [1.54, 1.807) is 0 Å². The van der Waals surface area contributed by atoms with Gasteiger partial charge in [0.2, 0.25) is 0 Å². The summed E-state index contributed by atoms with van der Waals surface area (Å²) in [4.78, 5) is 28.4. The van der Waals surface area contributed by atoms with E-state index in [1.165, 1.54) is 39.9 Å². The Bertz CT molecular complexity index is 1410. The molecule has 2 aliphatic heterocycles. The summed E-state index contributed by atoms with van der Waals surface area (Å²) in [6.07, 6.45) is 2.29. The first-order valence-electron chi connectivity index (χ1n) is 11.4. The second-order valence-corrected chi connectivity index (χ2v) is 11.8. The summed E-state index contributed by atoms with van der Waals surface area (Å²) in [5, 5.41) is 3.25. The molecule has 8 nitrogen and oxygen atoms in total. The van der Waals surface area contributed by atoms with E-state index >= 15 is 0 Å². The fraction of sp³-hybridized carbons (Fsp3) is 0.280. The van der Waals surface area contributed by atoms with Gasteiger partial charge in [0.1, 0.15) is 5.00 Å². The molecule has 2 amide bonds. The Morgan fingerprint density at radius 3 is 2.51 bits per heavy atom. The van der Waals surface area contributed by atoms with Crippen LogP contribution in [0.25, 0.3) is 0 Å². The maximum Gasteiger partial charge on any atom is 0.264 e. The Morgan fingerprint density at radius 1 is 1.03 bits per heavy atom. The number of nitrogens with one attached hydrogen (secondary N) is 1. The number of carbonyl (C=O) groups is 2. The third-order valence-electron chi connectivity index (χ3n) is 6.49. The van der Waals surface area contributed by atoms with Gasteiger partial charge in [-0.05, 0) is 67.8 Å². The van der Waals surface area contributed by atoms with E-state index in [0.29, 0.717) is 41.3 Å². The maximum atomic E-state index is 13.4. The van der Waals surface area contributed by atoms with Gasteiger partial charge >= 0.3 is 0 Å². The van der Waals surface area contributed by atoms with Crippen LogP contribution in [0, 0.1) is 0 Å². The van der Waals surface area contributed by atoms with Gasteiger partial charge in [0.05, 0.1) is 16.1 Å². The second kappa shape index (κ2) is 9.10. The number of likely N-dealkylation sites (N-methyl/N-ethyl adjacent to an activating group) is 1. The number of aryl methyl sites for hydroxylation is 1. The van der Waals surface area contributed by atoms with Crippen LogP contribution in [-0.4, -0.2) is 45.3 Å². The number of benzene rings is 2. The Kier molecular flexibility index (Phi) is 6.12. The summed E-state index contributed by atoms with van der Waals surface area (Å²) in [5.41, 5.74) is 8.91. The monoisotopic (exact) mass is 510 g/mol. The topological polar surface area (TPSA) is 113 Å². The molecule has 0 fully saturated rings. The van der Waals surface area contributed by atoms with Crippen molar-refractivity contribution >= 4 is 43.9 Å². The van der Waals surface area contributed by atoms with E-state index in [9.17, 15) is 18.0 Å². The third-order valence-corrected chi connectivity index (χ3v) is 9.45. The minimum atomic E-state index is -3.76. The fourth-order valence-corrected chi connectivity index (χ4v) is 7.58. The van der Waals surface area contributed by atoms with E-state index in [0.717, 1.165) is 35.4 Å². The van der Waals surface area contributed by atoms with Gasteiger partial charge in [-0.15, -0.1) is 11.3 Å². The number of para-hydroxylation sites is 1.